The van der Waals surface area contributed by atoms with Gasteiger partial charge in [-0.1, -0.05) is 36.3 Å². The lowest BCUT2D eigenvalue weighted by molar-refractivity contribution is -0.119. The number of ketones is 1. The van der Waals surface area contributed by atoms with Crippen molar-refractivity contribution in [2.75, 3.05) is 0 Å². The summed E-state index contributed by atoms with van der Waals surface area (Å²) in [5, 5.41) is 0. The molecule has 1 aromatic carbocycles. The highest BCUT2D eigenvalue weighted by Gasteiger charge is 2.42. The maximum atomic E-state index is 11.4. The van der Waals surface area contributed by atoms with Crippen LogP contribution in [0, 0.1) is 18.3 Å². The molecular weight excluding hydrogens is 172 g/mol. The molecule has 1 aliphatic rings. The Morgan fingerprint density at radius 2 is 2.14 bits per heavy atom. The average molecular weight is 184 g/mol. The third-order valence-corrected chi connectivity index (χ3v) is 2.71. The van der Waals surface area contributed by atoms with Crippen molar-refractivity contribution in [3.05, 3.63) is 35.9 Å². The second-order valence-corrected chi connectivity index (χ2v) is 3.71. The molecule has 2 unspecified atom stereocenters. The van der Waals surface area contributed by atoms with Gasteiger partial charge in [-0.2, -0.15) is 0 Å². The van der Waals surface area contributed by atoms with Crippen molar-refractivity contribution in [2.24, 2.45) is 5.92 Å². The zero-order valence-electron chi connectivity index (χ0n) is 7.94. The van der Waals surface area contributed by atoms with Crippen LogP contribution in [0.25, 0.3) is 0 Å². The summed E-state index contributed by atoms with van der Waals surface area (Å²) in [7, 11) is 0. The molecule has 0 amide bonds. The van der Waals surface area contributed by atoms with Gasteiger partial charge in [0.15, 0.2) is 0 Å². The normalized spacial score (nSPS) is 23.9. The number of Topliss-reactive ketones (excluding diaryl/α,β-unsaturated/α-hetero) is 1. The molecule has 70 valence electrons. The lowest BCUT2D eigenvalue weighted by Crippen LogP contribution is -2.00. The molecule has 0 spiro atoms. The van der Waals surface area contributed by atoms with Gasteiger partial charge in [-0.15, -0.1) is 6.42 Å². The predicted octanol–water partition coefficient (Wildman–Crippen LogP) is 2.38. The minimum absolute atomic E-state index is 0.188. The zero-order valence-corrected chi connectivity index (χ0v) is 7.94. The van der Waals surface area contributed by atoms with Gasteiger partial charge in [0, 0.05) is 5.92 Å². The Bertz CT molecular complexity index is 372. The number of rotatable bonds is 3. The molecule has 1 heteroatoms. The molecule has 1 aromatic rings. The van der Waals surface area contributed by atoms with E-state index in [4.69, 9.17) is 6.42 Å². The maximum absolute atomic E-state index is 11.4. The van der Waals surface area contributed by atoms with Crippen LogP contribution in [0.3, 0.4) is 0 Å². The number of terminal acetylenes is 1. The largest absolute Gasteiger partial charge is 0.298 e. The van der Waals surface area contributed by atoms with E-state index < -0.39 is 0 Å². The van der Waals surface area contributed by atoms with Crippen molar-refractivity contribution in [1.82, 2.24) is 0 Å². The van der Waals surface area contributed by atoms with E-state index in [2.05, 4.69) is 18.1 Å². The number of carbonyl (C=O) groups excluding carboxylic acids is 1. The van der Waals surface area contributed by atoms with Crippen LogP contribution in [0.1, 0.15) is 24.3 Å². The van der Waals surface area contributed by atoms with Gasteiger partial charge in [0.1, 0.15) is 5.78 Å². The standard InChI is InChI=1S/C13H12O/c1-2-6-13(14)12-9-11(12)10-7-4-3-5-8-10/h1,3-5,7-8,11-12H,6,9H2. The summed E-state index contributed by atoms with van der Waals surface area (Å²) in [5.74, 6) is 3.25. The molecule has 1 fully saturated rings. The van der Waals surface area contributed by atoms with Gasteiger partial charge in [0.2, 0.25) is 0 Å². The summed E-state index contributed by atoms with van der Waals surface area (Å²) in [6.07, 6.45) is 6.37. The summed E-state index contributed by atoms with van der Waals surface area (Å²) in [6.45, 7) is 0. The molecule has 0 bridgehead atoms. The molecule has 14 heavy (non-hydrogen) atoms. The van der Waals surface area contributed by atoms with Gasteiger partial charge in [0.25, 0.3) is 0 Å². The van der Waals surface area contributed by atoms with Crippen molar-refractivity contribution in [1.29, 1.82) is 0 Å². The first-order valence-corrected chi connectivity index (χ1v) is 4.84. The molecule has 2 atom stereocenters. The maximum Gasteiger partial charge on any atom is 0.148 e. The van der Waals surface area contributed by atoms with E-state index >= 15 is 0 Å². The second kappa shape index (κ2) is 3.67. The molecule has 0 radical (unpaired) electrons. The van der Waals surface area contributed by atoms with Crippen LogP contribution in [0.5, 0.6) is 0 Å². The molecule has 0 aliphatic heterocycles. The smallest absolute Gasteiger partial charge is 0.148 e. The van der Waals surface area contributed by atoms with Crippen molar-refractivity contribution >= 4 is 5.78 Å². The first kappa shape index (κ1) is 9.02. The minimum atomic E-state index is 0.188. The Morgan fingerprint density at radius 3 is 2.79 bits per heavy atom. The van der Waals surface area contributed by atoms with Crippen LogP contribution >= 0.6 is 0 Å². The van der Waals surface area contributed by atoms with Crippen molar-refractivity contribution in [3.63, 3.8) is 0 Å². The highest BCUT2D eigenvalue weighted by Crippen LogP contribution is 2.48. The summed E-state index contributed by atoms with van der Waals surface area (Å²) in [6, 6.07) is 10.2. The number of hydrogen-bond donors (Lipinski definition) is 0. The van der Waals surface area contributed by atoms with Crippen molar-refractivity contribution in [2.45, 2.75) is 18.8 Å². The molecule has 0 N–H and O–H groups in total. The van der Waals surface area contributed by atoms with E-state index in [0.29, 0.717) is 5.92 Å². The molecule has 1 nitrogen and oxygen atoms in total. The number of benzene rings is 1. The molecule has 0 heterocycles. The second-order valence-electron chi connectivity index (χ2n) is 3.71. The monoisotopic (exact) mass is 184 g/mol. The lowest BCUT2D eigenvalue weighted by Gasteiger charge is -1.97. The van der Waals surface area contributed by atoms with E-state index in [0.717, 1.165) is 6.42 Å². The van der Waals surface area contributed by atoms with Crippen LogP contribution in [-0.4, -0.2) is 5.78 Å². The average Bonchev–Trinajstić information content (AvgIpc) is 2.99. The third kappa shape index (κ3) is 1.70. The van der Waals surface area contributed by atoms with Crippen molar-refractivity contribution < 1.29 is 4.79 Å². The molecule has 1 saturated carbocycles. The van der Waals surface area contributed by atoms with Crippen LogP contribution < -0.4 is 0 Å². The van der Waals surface area contributed by atoms with E-state index in [9.17, 15) is 4.79 Å². The van der Waals surface area contributed by atoms with E-state index in [1.54, 1.807) is 0 Å². The summed E-state index contributed by atoms with van der Waals surface area (Å²) < 4.78 is 0. The molecular formula is C13H12O. The number of carbonyl (C=O) groups is 1. The SMILES string of the molecule is C#CCC(=O)C1CC1c1ccccc1. The van der Waals surface area contributed by atoms with Crippen LogP contribution in [0.15, 0.2) is 30.3 Å². The molecule has 2 rings (SSSR count). The van der Waals surface area contributed by atoms with Gasteiger partial charge in [-0.05, 0) is 17.9 Å². The Morgan fingerprint density at radius 1 is 1.43 bits per heavy atom. The van der Waals surface area contributed by atoms with Gasteiger partial charge >= 0.3 is 0 Å². The fourth-order valence-electron chi connectivity index (χ4n) is 1.85. The topological polar surface area (TPSA) is 17.1 Å². The highest BCUT2D eigenvalue weighted by molar-refractivity contribution is 5.86. The van der Waals surface area contributed by atoms with Crippen LogP contribution in [0.4, 0.5) is 0 Å². The molecule has 0 aromatic heterocycles. The van der Waals surface area contributed by atoms with Crippen molar-refractivity contribution in [3.8, 4) is 12.3 Å². The fraction of sp³-hybridized carbons (Fsp3) is 0.308. The predicted molar refractivity (Wildman–Crippen MR) is 55.7 cm³/mol. The summed E-state index contributed by atoms with van der Waals surface area (Å²) in [4.78, 5) is 11.4. The van der Waals surface area contributed by atoms with E-state index in [1.807, 2.05) is 18.2 Å². The Labute approximate surface area is 84.1 Å². The summed E-state index contributed by atoms with van der Waals surface area (Å²) >= 11 is 0. The first-order valence-electron chi connectivity index (χ1n) is 4.84. The van der Waals surface area contributed by atoms with Gasteiger partial charge < -0.3 is 0 Å². The van der Waals surface area contributed by atoms with Gasteiger partial charge in [0.05, 0.1) is 6.42 Å². The number of hydrogen-bond acceptors (Lipinski definition) is 1. The van der Waals surface area contributed by atoms with Crippen LogP contribution in [-0.2, 0) is 4.79 Å². The van der Waals surface area contributed by atoms with E-state index in [1.165, 1.54) is 5.56 Å². The Balaban J connectivity index is 2.01. The lowest BCUT2D eigenvalue weighted by atomic mass is 10.1. The molecule has 1 aliphatic carbocycles. The Hall–Kier alpha value is -1.55. The zero-order chi connectivity index (χ0) is 9.97. The van der Waals surface area contributed by atoms with Gasteiger partial charge in [-0.25, -0.2) is 0 Å². The Kier molecular flexibility index (Phi) is 2.37. The van der Waals surface area contributed by atoms with E-state index in [-0.39, 0.29) is 18.1 Å². The fourth-order valence-corrected chi connectivity index (χ4v) is 1.85. The quantitative estimate of drug-likeness (QED) is 0.659. The van der Waals surface area contributed by atoms with Crippen LogP contribution in [0.2, 0.25) is 0 Å². The van der Waals surface area contributed by atoms with Gasteiger partial charge in [-0.3, -0.25) is 4.79 Å². The first-order chi connectivity index (χ1) is 6.83. The highest BCUT2D eigenvalue weighted by atomic mass is 16.1. The third-order valence-electron chi connectivity index (χ3n) is 2.71. The minimum Gasteiger partial charge on any atom is -0.298 e. The summed E-state index contributed by atoms with van der Waals surface area (Å²) in [5.41, 5.74) is 1.27. The molecule has 0 saturated heterocycles.